The Kier molecular flexibility index (Phi) is 7.72. The molecule has 3 aromatic rings. The summed E-state index contributed by atoms with van der Waals surface area (Å²) in [5.74, 6) is 0.683. The Morgan fingerprint density at radius 1 is 1.00 bits per heavy atom. The molecule has 0 bridgehead atoms. The Labute approximate surface area is 236 Å². The SMILES string of the molecule is COc1ccc(C(=O)[AsH]c2cccc3c2C(=O)N(CC2CCCCN2C(=O)OC(C)(C)C)C3)c2ccccc12. The van der Waals surface area contributed by atoms with Gasteiger partial charge in [0.2, 0.25) is 0 Å². The van der Waals surface area contributed by atoms with Crippen LogP contribution in [0.1, 0.15) is 66.3 Å². The molecule has 2 unspecified atom stereocenters. The van der Waals surface area contributed by atoms with Gasteiger partial charge in [-0.25, -0.2) is 0 Å². The summed E-state index contributed by atoms with van der Waals surface area (Å²) in [6.07, 6.45) is 2.46. The zero-order valence-corrected chi connectivity index (χ0v) is 25.0. The van der Waals surface area contributed by atoms with Gasteiger partial charge in [0.05, 0.1) is 0 Å². The van der Waals surface area contributed by atoms with Gasteiger partial charge in [0.15, 0.2) is 0 Å². The van der Waals surface area contributed by atoms with E-state index in [1.165, 1.54) is 0 Å². The van der Waals surface area contributed by atoms with Gasteiger partial charge in [-0.05, 0) is 0 Å². The average molecular weight is 591 g/mol. The number of fused-ring (bicyclic) bond motifs is 2. The van der Waals surface area contributed by atoms with E-state index < -0.39 is 21.4 Å². The van der Waals surface area contributed by atoms with Crippen LogP contribution in [0.15, 0.2) is 54.6 Å². The van der Waals surface area contributed by atoms with Crippen LogP contribution in [-0.4, -0.2) is 74.0 Å². The first-order valence-corrected chi connectivity index (χ1v) is 15.5. The van der Waals surface area contributed by atoms with Gasteiger partial charge in [0.25, 0.3) is 0 Å². The molecule has 0 N–H and O–H groups in total. The van der Waals surface area contributed by atoms with Crippen LogP contribution in [0, 0.1) is 0 Å². The van der Waals surface area contributed by atoms with E-state index in [-0.39, 0.29) is 22.6 Å². The topological polar surface area (TPSA) is 76.2 Å². The molecule has 3 aromatic carbocycles. The quantitative estimate of drug-likeness (QED) is 0.396. The van der Waals surface area contributed by atoms with Crippen LogP contribution in [0.3, 0.4) is 0 Å². The third kappa shape index (κ3) is 5.69. The monoisotopic (exact) mass is 590 g/mol. The molecule has 2 heterocycles. The Bertz CT molecular complexity index is 1430. The first-order valence-electron chi connectivity index (χ1n) is 13.4. The molecular formula is C31H35AsN2O5. The Hall–Kier alpha value is -3.31. The molecule has 2 aliphatic rings. The summed E-state index contributed by atoms with van der Waals surface area (Å²) in [5.41, 5.74) is 1.72. The number of carbonyl (C=O) groups is 3. The molecule has 204 valence electrons. The summed E-state index contributed by atoms with van der Waals surface area (Å²) in [5, 5.41) is 1.77. The van der Waals surface area contributed by atoms with Crippen LogP contribution < -0.4 is 9.09 Å². The minimum absolute atomic E-state index is 0.0496. The number of ether oxygens (including phenoxy) is 2. The molecule has 0 saturated carbocycles. The van der Waals surface area contributed by atoms with E-state index in [1.54, 1.807) is 12.0 Å². The molecule has 1 saturated heterocycles. The van der Waals surface area contributed by atoms with Crippen LogP contribution in [0.5, 0.6) is 5.75 Å². The zero-order valence-electron chi connectivity index (χ0n) is 23.0. The fraction of sp³-hybridized carbons (Fsp3) is 0.387. The van der Waals surface area contributed by atoms with Crippen molar-refractivity contribution in [1.82, 2.24) is 9.80 Å². The number of hydrogen-bond acceptors (Lipinski definition) is 5. The van der Waals surface area contributed by atoms with Crippen molar-refractivity contribution in [3.05, 3.63) is 71.3 Å². The van der Waals surface area contributed by atoms with Gasteiger partial charge in [0, 0.05) is 0 Å². The van der Waals surface area contributed by atoms with Crippen molar-refractivity contribution in [3.63, 3.8) is 0 Å². The molecule has 7 nitrogen and oxygen atoms in total. The van der Waals surface area contributed by atoms with Crippen LogP contribution >= 0.6 is 0 Å². The van der Waals surface area contributed by atoms with Crippen molar-refractivity contribution in [2.75, 3.05) is 20.2 Å². The van der Waals surface area contributed by atoms with E-state index in [2.05, 4.69) is 0 Å². The van der Waals surface area contributed by atoms with Crippen molar-refractivity contribution >= 4 is 47.4 Å². The van der Waals surface area contributed by atoms with Crippen LogP contribution in [0.2, 0.25) is 0 Å². The summed E-state index contributed by atoms with van der Waals surface area (Å²) in [7, 11) is 1.63. The first-order chi connectivity index (χ1) is 18.7. The van der Waals surface area contributed by atoms with Crippen molar-refractivity contribution in [2.45, 2.75) is 58.2 Å². The third-order valence-corrected chi connectivity index (χ3v) is 9.78. The summed E-state index contributed by atoms with van der Waals surface area (Å²) >= 11 is -1.29. The predicted octanol–water partition coefficient (Wildman–Crippen LogP) is 4.50. The first kappa shape index (κ1) is 27.3. The van der Waals surface area contributed by atoms with E-state index in [0.717, 1.165) is 45.7 Å². The number of methoxy groups -OCH3 is 1. The molecular weight excluding hydrogens is 555 g/mol. The van der Waals surface area contributed by atoms with Crippen LogP contribution in [-0.2, 0) is 11.3 Å². The molecule has 0 aliphatic carbocycles. The second-order valence-corrected chi connectivity index (χ2v) is 13.8. The van der Waals surface area contributed by atoms with Gasteiger partial charge in [-0.2, -0.15) is 0 Å². The number of likely N-dealkylation sites (tertiary alicyclic amines) is 1. The molecule has 0 spiro atoms. The zero-order chi connectivity index (χ0) is 27.7. The number of hydrogen-bond donors (Lipinski definition) is 0. The maximum atomic E-state index is 13.7. The van der Waals surface area contributed by atoms with E-state index in [0.29, 0.717) is 30.8 Å². The number of amides is 2. The van der Waals surface area contributed by atoms with Gasteiger partial charge in [-0.3, -0.25) is 0 Å². The molecule has 0 aromatic heterocycles. The summed E-state index contributed by atoms with van der Waals surface area (Å²) in [6.45, 7) is 7.19. The standard InChI is InChI=1S/C31H35AsN2O5/c1-31(2,3)39-30(37)34-17-8-7-11-21(34)19-33-18-20-10-9-14-25(27(20)29(33)36)32-28(35)24-15-16-26(38-4)23-13-6-5-12-22(23)24/h5-6,9-10,12-16,21,32H,7-8,11,17-19H2,1-4H3. The fourth-order valence-corrected chi connectivity index (χ4v) is 7.97. The van der Waals surface area contributed by atoms with E-state index >= 15 is 0 Å². The summed E-state index contributed by atoms with van der Waals surface area (Å²) < 4.78 is 12.1. The minimum atomic E-state index is -1.29. The normalized spacial score (nSPS) is 17.6. The van der Waals surface area contributed by atoms with Gasteiger partial charge in [0.1, 0.15) is 0 Å². The van der Waals surface area contributed by atoms with Crippen molar-refractivity contribution < 1.29 is 23.9 Å². The average Bonchev–Trinajstić information content (AvgIpc) is 3.23. The molecule has 2 aliphatic heterocycles. The van der Waals surface area contributed by atoms with Gasteiger partial charge in [-0.15, -0.1) is 0 Å². The molecule has 2 amide bonds. The van der Waals surface area contributed by atoms with Gasteiger partial charge >= 0.3 is 237 Å². The van der Waals surface area contributed by atoms with Crippen molar-refractivity contribution in [2.24, 2.45) is 0 Å². The maximum absolute atomic E-state index is 13.7. The molecule has 5 rings (SSSR count). The number of nitrogens with zero attached hydrogens (tertiary/aromatic N) is 2. The van der Waals surface area contributed by atoms with Crippen LogP contribution in [0.25, 0.3) is 10.8 Å². The van der Waals surface area contributed by atoms with Gasteiger partial charge in [-0.1, -0.05) is 0 Å². The molecule has 8 heteroatoms. The number of benzene rings is 3. The summed E-state index contributed by atoms with van der Waals surface area (Å²) in [4.78, 5) is 43.8. The number of carbonyl (C=O) groups excluding carboxylic acids is 3. The second-order valence-electron chi connectivity index (χ2n) is 11.2. The van der Waals surface area contributed by atoms with E-state index in [4.69, 9.17) is 9.47 Å². The predicted molar refractivity (Wildman–Crippen MR) is 153 cm³/mol. The number of rotatable bonds is 6. The Morgan fingerprint density at radius 2 is 1.77 bits per heavy atom. The second kappa shape index (κ2) is 11.1. The Morgan fingerprint density at radius 3 is 2.51 bits per heavy atom. The van der Waals surface area contributed by atoms with E-state index in [9.17, 15) is 14.4 Å². The number of piperidine rings is 1. The fourth-order valence-electron chi connectivity index (χ4n) is 5.51. The van der Waals surface area contributed by atoms with E-state index in [1.807, 2.05) is 80.3 Å². The Balaban J connectivity index is 1.35. The summed E-state index contributed by atoms with van der Waals surface area (Å²) in [6, 6.07) is 17.2. The molecule has 0 radical (unpaired) electrons. The van der Waals surface area contributed by atoms with Crippen LogP contribution in [0.4, 0.5) is 4.79 Å². The van der Waals surface area contributed by atoms with Crippen molar-refractivity contribution in [1.29, 1.82) is 0 Å². The third-order valence-electron chi connectivity index (χ3n) is 7.30. The molecule has 1 fully saturated rings. The van der Waals surface area contributed by atoms with Gasteiger partial charge < -0.3 is 0 Å². The molecule has 39 heavy (non-hydrogen) atoms. The van der Waals surface area contributed by atoms with Crippen molar-refractivity contribution in [3.8, 4) is 5.75 Å². The molecule has 2 atom stereocenters.